The number of carbonyl (C=O) groups excluding carboxylic acids is 1. The van der Waals surface area contributed by atoms with Gasteiger partial charge in [0.25, 0.3) is 17.3 Å². The molecule has 0 radical (unpaired) electrons. The van der Waals surface area contributed by atoms with Crippen molar-refractivity contribution in [2.45, 2.75) is 26.8 Å². The average molecular weight is 378 g/mol. The van der Waals surface area contributed by atoms with E-state index in [1.807, 2.05) is 0 Å². The van der Waals surface area contributed by atoms with E-state index in [9.17, 15) is 35.1 Å². The fourth-order valence-corrected chi connectivity index (χ4v) is 2.45. The van der Waals surface area contributed by atoms with Gasteiger partial charge in [0, 0.05) is 12.1 Å². The van der Waals surface area contributed by atoms with Gasteiger partial charge in [-0.1, -0.05) is 0 Å². The molecule has 142 valence electrons. The molecule has 1 atom stereocenters. The number of anilines is 1. The molecule has 1 heterocycles. The van der Waals surface area contributed by atoms with Crippen molar-refractivity contribution in [2.24, 2.45) is 0 Å². The summed E-state index contributed by atoms with van der Waals surface area (Å²) in [7, 11) is 0. The Hall–Kier alpha value is -3.90. The van der Waals surface area contributed by atoms with Crippen molar-refractivity contribution in [3.63, 3.8) is 0 Å². The van der Waals surface area contributed by atoms with E-state index in [2.05, 4.69) is 10.4 Å². The van der Waals surface area contributed by atoms with Crippen molar-refractivity contribution in [2.75, 3.05) is 5.32 Å². The Kier molecular flexibility index (Phi) is 5.14. The second-order valence-electron chi connectivity index (χ2n) is 5.66. The van der Waals surface area contributed by atoms with Crippen LogP contribution in [0.2, 0.25) is 0 Å². The highest BCUT2D eigenvalue weighted by Gasteiger charge is 2.27. The molecule has 0 spiro atoms. The Morgan fingerprint density at radius 2 is 1.56 bits per heavy atom. The van der Waals surface area contributed by atoms with Crippen LogP contribution in [0, 0.1) is 44.2 Å². The molecule has 0 aliphatic rings. The van der Waals surface area contributed by atoms with Gasteiger partial charge in [-0.3, -0.25) is 25.0 Å². The fourth-order valence-electron chi connectivity index (χ4n) is 2.45. The Morgan fingerprint density at radius 1 is 1.04 bits per heavy atom. The number of hydrogen-bond acceptors (Lipinski definition) is 8. The summed E-state index contributed by atoms with van der Waals surface area (Å²) in [6, 6.07) is 2.19. The lowest BCUT2D eigenvalue weighted by atomic mass is 10.1. The second-order valence-corrected chi connectivity index (χ2v) is 5.66. The summed E-state index contributed by atoms with van der Waals surface area (Å²) in [5.74, 6) is -1.14. The van der Waals surface area contributed by atoms with Crippen molar-refractivity contribution in [3.05, 3.63) is 59.8 Å². The first kappa shape index (κ1) is 19.4. The normalized spacial score (nSPS) is 11.7. The van der Waals surface area contributed by atoms with Crippen LogP contribution in [-0.2, 0) is 4.79 Å². The quantitative estimate of drug-likeness (QED) is 0.588. The Balaban J connectivity index is 2.36. The van der Waals surface area contributed by atoms with Crippen molar-refractivity contribution in [3.8, 4) is 0 Å². The number of amides is 1. The first-order valence-electron chi connectivity index (χ1n) is 7.47. The molecule has 2 aromatic rings. The lowest BCUT2D eigenvalue weighted by Crippen LogP contribution is -2.25. The number of carbonyl (C=O) groups is 1. The van der Waals surface area contributed by atoms with Crippen LogP contribution in [0.5, 0.6) is 0 Å². The highest BCUT2D eigenvalue weighted by atomic mass is 16.6. The molecule has 0 fully saturated rings. The molecule has 27 heavy (non-hydrogen) atoms. The summed E-state index contributed by atoms with van der Waals surface area (Å²) in [6.45, 7) is 4.16. The molecule has 1 aromatic carbocycles. The number of rotatable bonds is 6. The third-order valence-electron chi connectivity index (χ3n) is 3.86. The molecule has 13 heteroatoms. The number of hydrogen-bond donors (Lipinski definition) is 1. The summed E-state index contributed by atoms with van der Waals surface area (Å²) in [5.41, 5.74) is -0.967. The zero-order valence-corrected chi connectivity index (χ0v) is 14.4. The van der Waals surface area contributed by atoms with Crippen LogP contribution in [-0.4, -0.2) is 30.5 Å². The van der Waals surface area contributed by atoms with Gasteiger partial charge in [0.05, 0.1) is 32.4 Å². The number of nitro groups is 3. The third kappa shape index (κ3) is 3.86. The zero-order valence-electron chi connectivity index (χ0n) is 14.4. The minimum Gasteiger partial charge on any atom is -0.358 e. The van der Waals surface area contributed by atoms with E-state index in [0.29, 0.717) is 5.69 Å². The highest BCUT2D eigenvalue weighted by Crippen LogP contribution is 2.32. The van der Waals surface area contributed by atoms with Crippen LogP contribution in [0.15, 0.2) is 18.2 Å². The number of nitro benzene ring substituents is 2. The van der Waals surface area contributed by atoms with Gasteiger partial charge < -0.3 is 15.4 Å². The standard InChI is InChI=1S/C14H14N6O7/c1-7-4-13(20(26)27)16-17(7)9(3)14(21)15-10-5-11(18(22)23)8(2)12(6-10)19(24)25/h4-6,9H,1-3H3,(H,15,21). The maximum atomic E-state index is 12.4. The minimum absolute atomic E-state index is 0.143. The first-order chi connectivity index (χ1) is 12.5. The summed E-state index contributed by atoms with van der Waals surface area (Å²) in [6.07, 6.45) is 0. The van der Waals surface area contributed by atoms with E-state index >= 15 is 0 Å². The van der Waals surface area contributed by atoms with E-state index in [-0.39, 0.29) is 11.3 Å². The molecule has 0 saturated heterocycles. The number of benzene rings is 1. The molecule has 0 saturated carbocycles. The maximum Gasteiger partial charge on any atom is 0.390 e. The predicted octanol–water partition coefficient (Wildman–Crippen LogP) is 2.42. The smallest absolute Gasteiger partial charge is 0.358 e. The largest absolute Gasteiger partial charge is 0.390 e. The van der Waals surface area contributed by atoms with Crippen molar-refractivity contribution in [1.29, 1.82) is 0 Å². The number of aryl methyl sites for hydroxylation is 1. The van der Waals surface area contributed by atoms with Crippen LogP contribution < -0.4 is 5.32 Å². The van der Waals surface area contributed by atoms with E-state index in [1.165, 1.54) is 26.8 Å². The number of nitrogens with zero attached hydrogens (tertiary/aromatic N) is 5. The fraction of sp³-hybridized carbons (Fsp3) is 0.286. The van der Waals surface area contributed by atoms with Gasteiger partial charge in [-0.15, -0.1) is 0 Å². The lowest BCUT2D eigenvalue weighted by Gasteiger charge is -2.12. The average Bonchev–Trinajstić information content (AvgIpc) is 2.97. The highest BCUT2D eigenvalue weighted by molar-refractivity contribution is 5.94. The van der Waals surface area contributed by atoms with Gasteiger partial charge in [0.2, 0.25) is 0 Å². The molecule has 13 nitrogen and oxygen atoms in total. The van der Waals surface area contributed by atoms with Gasteiger partial charge in [-0.2, -0.15) is 4.68 Å². The molecule has 1 N–H and O–H groups in total. The van der Waals surface area contributed by atoms with E-state index in [0.717, 1.165) is 16.8 Å². The molecule has 0 aliphatic carbocycles. The van der Waals surface area contributed by atoms with Gasteiger partial charge >= 0.3 is 5.82 Å². The number of nitrogens with one attached hydrogen (secondary N) is 1. The van der Waals surface area contributed by atoms with Crippen LogP contribution in [0.4, 0.5) is 22.9 Å². The Bertz CT molecular complexity index is 932. The van der Waals surface area contributed by atoms with Crippen LogP contribution in [0.3, 0.4) is 0 Å². The second kappa shape index (κ2) is 7.15. The molecule has 0 bridgehead atoms. The van der Waals surface area contributed by atoms with Crippen LogP contribution in [0.1, 0.15) is 24.2 Å². The summed E-state index contributed by atoms with van der Waals surface area (Å²) < 4.78 is 1.12. The maximum absolute atomic E-state index is 12.4. The zero-order chi connectivity index (χ0) is 20.5. The summed E-state index contributed by atoms with van der Waals surface area (Å²) in [5, 5.41) is 39.0. The van der Waals surface area contributed by atoms with Gasteiger partial charge in [-0.25, -0.2) is 0 Å². The molecule has 1 unspecified atom stereocenters. The predicted molar refractivity (Wildman–Crippen MR) is 91.4 cm³/mol. The van der Waals surface area contributed by atoms with E-state index in [1.54, 1.807) is 0 Å². The van der Waals surface area contributed by atoms with E-state index < -0.39 is 43.9 Å². The van der Waals surface area contributed by atoms with Crippen LogP contribution in [0.25, 0.3) is 0 Å². The first-order valence-corrected chi connectivity index (χ1v) is 7.47. The van der Waals surface area contributed by atoms with E-state index in [4.69, 9.17) is 0 Å². The van der Waals surface area contributed by atoms with Crippen molar-refractivity contribution >= 4 is 28.8 Å². The molecule has 1 amide bonds. The van der Waals surface area contributed by atoms with Gasteiger partial charge in [0.15, 0.2) is 0 Å². The minimum atomic E-state index is -1.00. The molecular formula is C14H14N6O7. The Morgan fingerprint density at radius 3 is 1.96 bits per heavy atom. The number of aromatic nitrogens is 2. The van der Waals surface area contributed by atoms with Gasteiger partial charge in [-0.05, 0) is 25.7 Å². The van der Waals surface area contributed by atoms with Crippen LogP contribution >= 0.6 is 0 Å². The SMILES string of the molecule is Cc1c([N+](=O)[O-])cc(NC(=O)C(C)n2nc([N+](=O)[O-])cc2C)cc1[N+](=O)[O-]. The molecule has 0 aliphatic heterocycles. The summed E-state index contributed by atoms with van der Waals surface area (Å²) >= 11 is 0. The topological polar surface area (TPSA) is 176 Å². The third-order valence-corrected chi connectivity index (χ3v) is 3.86. The monoisotopic (exact) mass is 378 g/mol. The summed E-state index contributed by atoms with van der Waals surface area (Å²) in [4.78, 5) is 43.1. The Labute approximate surface area is 151 Å². The molecule has 1 aromatic heterocycles. The van der Waals surface area contributed by atoms with Crippen molar-refractivity contribution in [1.82, 2.24) is 9.78 Å². The van der Waals surface area contributed by atoms with Gasteiger partial charge in [0.1, 0.15) is 11.6 Å². The lowest BCUT2D eigenvalue weighted by molar-refractivity contribution is -0.395. The molecule has 2 rings (SSSR count). The molecular weight excluding hydrogens is 364 g/mol. The van der Waals surface area contributed by atoms with Crippen molar-refractivity contribution < 1.29 is 19.6 Å².